The Morgan fingerprint density at radius 1 is 0.927 bits per heavy atom. The van der Waals surface area contributed by atoms with E-state index in [0.717, 1.165) is 32.8 Å². The summed E-state index contributed by atoms with van der Waals surface area (Å²) < 4.78 is 0. The van der Waals surface area contributed by atoms with Gasteiger partial charge in [-0.25, -0.2) is 0 Å². The highest BCUT2D eigenvalue weighted by Gasteiger charge is 2.32. The van der Waals surface area contributed by atoms with E-state index in [1.54, 1.807) is 11.3 Å². The third-order valence-electron chi connectivity index (χ3n) is 7.77. The number of aryl methyl sites for hydroxylation is 2. The lowest BCUT2D eigenvalue weighted by atomic mass is 9.84. The Kier molecular flexibility index (Phi) is 15.7. The van der Waals surface area contributed by atoms with E-state index in [-0.39, 0.29) is 23.5 Å². The molecule has 0 aliphatic rings. The van der Waals surface area contributed by atoms with Crippen LogP contribution < -0.4 is 5.32 Å². The van der Waals surface area contributed by atoms with E-state index in [2.05, 4.69) is 69.2 Å². The molecule has 2 N–H and O–H groups in total. The Bertz CT molecular complexity index is 1210. The second-order valence-corrected chi connectivity index (χ2v) is 12.8. The molecule has 2 aromatic heterocycles. The van der Waals surface area contributed by atoms with Crippen LogP contribution in [0.4, 0.5) is 0 Å². The highest BCUT2D eigenvalue weighted by molar-refractivity contribution is 7.19. The fourth-order valence-electron chi connectivity index (χ4n) is 4.96. The molecular formula is C36H58N2O2S. The summed E-state index contributed by atoms with van der Waals surface area (Å²) in [4.78, 5) is 30.9. The summed E-state index contributed by atoms with van der Waals surface area (Å²) in [7, 11) is 0. The molecule has 0 aliphatic heterocycles. The Balaban J connectivity index is 0.000000931. The van der Waals surface area contributed by atoms with Gasteiger partial charge in [0.15, 0.2) is 0 Å². The third-order valence-corrected chi connectivity index (χ3v) is 9.14. The van der Waals surface area contributed by atoms with Crippen LogP contribution in [-0.2, 0) is 15.0 Å². The molecule has 0 saturated heterocycles. The average molecular weight is 583 g/mol. The van der Waals surface area contributed by atoms with Crippen molar-refractivity contribution in [2.75, 3.05) is 6.54 Å². The molecule has 0 spiro atoms. The van der Waals surface area contributed by atoms with Crippen LogP contribution in [0.25, 0.3) is 21.5 Å². The molecule has 1 unspecified atom stereocenters. The van der Waals surface area contributed by atoms with Crippen molar-refractivity contribution in [1.82, 2.24) is 10.3 Å². The lowest BCUT2D eigenvalue weighted by Crippen LogP contribution is -2.32. The number of thiophene rings is 1. The lowest BCUT2D eigenvalue weighted by Gasteiger charge is -2.21. The molecule has 41 heavy (non-hydrogen) atoms. The predicted octanol–water partition coefficient (Wildman–Crippen LogP) is 10.6. The molecule has 230 valence electrons. The molecule has 5 heteroatoms. The van der Waals surface area contributed by atoms with Crippen molar-refractivity contribution in [3.05, 3.63) is 45.8 Å². The van der Waals surface area contributed by atoms with E-state index >= 15 is 0 Å². The Morgan fingerprint density at radius 2 is 1.49 bits per heavy atom. The molecular weight excluding hydrogens is 524 g/mol. The van der Waals surface area contributed by atoms with E-state index in [9.17, 15) is 9.59 Å². The molecule has 2 atom stereocenters. The molecule has 3 aromatic rings. The van der Waals surface area contributed by atoms with Crippen molar-refractivity contribution in [3.63, 3.8) is 0 Å². The molecule has 2 heterocycles. The number of hydrogen-bond donors (Lipinski definition) is 2. The fourth-order valence-corrected chi connectivity index (χ4v) is 6.16. The summed E-state index contributed by atoms with van der Waals surface area (Å²) >= 11 is 1.67. The van der Waals surface area contributed by atoms with Crippen molar-refractivity contribution in [2.45, 2.75) is 133 Å². The number of fused-ring (bicyclic) bond motifs is 1. The number of carbonyl (C=O) groups is 2. The van der Waals surface area contributed by atoms with Crippen molar-refractivity contribution in [3.8, 4) is 11.3 Å². The zero-order chi connectivity index (χ0) is 31.3. The number of aromatic amines is 1. The number of H-pyrrole nitrogens is 1. The minimum Gasteiger partial charge on any atom is -0.355 e. The normalized spacial score (nSPS) is 12.6. The van der Waals surface area contributed by atoms with Gasteiger partial charge in [0.2, 0.25) is 5.91 Å². The lowest BCUT2D eigenvalue weighted by molar-refractivity contribution is -0.124. The van der Waals surface area contributed by atoms with Crippen LogP contribution in [0.1, 0.15) is 135 Å². The number of rotatable bonds is 12. The number of benzene rings is 1. The summed E-state index contributed by atoms with van der Waals surface area (Å²) in [5.41, 5.74) is 5.42. The maximum absolute atomic E-state index is 12.6. The van der Waals surface area contributed by atoms with Crippen LogP contribution in [0.5, 0.6) is 0 Å². The second-order valence-electron chi connectivity index (χ2n) is 11.7. The number of ketones is 1. The monoisotopic (exact) mass is 582 g/mol. The Labute approximate surface area is 255 Å². The van der Waals surface area contributed by atoms with Gasteiger partial charge in [0, 0.05) is 35.1 Å². The number of aromatic nitrogens is 1. The van der Waals surface area contributed by atoms with Gasteiger partial charge in [-0.1, -0.05) is 98.3 Å². The average Bonchev–Trinajstić information content (AvgIpc) is 3.53. The highest BCUT2D eigenvalue weighted by Crippen LogP contribution is 2.43. The summed E-state index contributed by atoms with van der Waals surface area (Å²) in [5.74, 6) is 0.479. The van der Waals surface area contributed by atoms with Gasteiger partial charge in [-0.2, -0.15) is 0 Å². The topological polar surface area (TPSA) is 62.0 Å². The van der Waals surface area contributed by atoms with Gasteiger partial charge in [0.1, 0.15) is 10.6 Å². The first-order chi connectivity index (χ1) is 19.4. The van der Waals surface area contributed by atoms with E-state index < -0.39 is 5.41 Å². The molecule has 1 amide bonds. The van der Waals surface area contributed by atoms with Crippen LogP contribution in [0.3, 0.4) is 0 Å². The predicted molar refractivity (Wildman–Crippen MR) is 181 cm³/mol. The van der Waals surface area contributed by atoms with Crippen LogP contribution in [0, 0.1) is 19.8 Å². The number of carbonyl (C=O) groups excluding carboxylic acids is 2. The van der Waals surface area contributed by atoms with E-state index in [1.165, 1.54) is 42.4 Å². The molecule has 4 nitrogen and oxygen atoms in total. The standard InChI is InChI=1S/C28H38N2O2S.C6H14.C2H6/c1-9-18(5)26(32)29-15-19(6)24-21-14-23(28(7,8)22(31)10-2)33-27(21)30-25(24)20-12-16(3)11-17(4)13-20;1-3-5-6-4-2;1-2/h11-14,18-19,30H,9-10,15H2,1-8H3,(H,29,32);3-6H2,1-2H3;1-2H3/t18?,19-;;/m1../s1. The molecule has 0 fully saturated rings. The van der Waals surface area contributed by atoms with Crippen LogP contribution >= 0.6 is 11.3 Å². The van der Waals surface area contributed by atoms with Crippen molar-refractivity contribution < 1.29 is 9.59 Å². The summed E-state index contributed by atoms with van der Waals surface area (Å²) in [5, 5.41) is 4.31. The SMILES string of the molecule is CC.CCC(=O)C(C)(C)c1cc2c([C@H](C)CNC(=O)C(C)CC)c(-c3cc(C)cc(C)c3)[nH]c2s1.CCCCCC. The maximum Gasteiger partial charge on any atom is 0.222 e. The molecule has 0 radical (unpaired) electrons. The Morgan fingerprint density at radius 3 is 1.98 bits per heavy atom. The first kappa shape index (κ1) is 36.6. The molecule has 0 saturated carbocycles. The smallest absolute Gasteiger partial charge is 0.222 e. The minimum atomic E-state index is -0.509. The van der Waals surface area contributed by atoms with Gasteiger partial charge in [-0.05, 0) is 63.4 Å². The number of Topliss-reactive ketones (excluding diaryl/α,β-unsaturated/α-hetero) is 1. The fraction of sp³-hybridized carbons (Fsp3) is 0.611. The minimum absolute atomic E-state index is 0.0101. The van der Waals surface area contributed by atoms with Crippen molar-refractivity contribution >= 4 is 33.2 Å². The molecule has 1 aromatic carbocycles. The molecule has 3 rings (SSSR count). The van der Waals surface area contributed by atoms with Crippen LogP contribution in [0.2, 0.25) is 0 Å². The number of unbranched alkanes of at least 4 members (excludes halogenated alkanes) is 3. The third kappa shape index (κ3) is 9.84. The Hall–Kier alpha value is -2.40. The zero-order valence-corrected chi connectivity index (χ0v) is 29.0. The second kappa shape index (κ2) is 17.5. The number of nitrogens with one attached hydrogen (secondary N) is 2. The van der Waals surface area contributed by atoms with Crippen molar-refractivity contribution in [1.29, 1.82) is 0 Å². The summed E-state index contributed by atoms with van der Waals surface area (Å²) in [6.45, 7) is 25.4. The quantitative estimate of drug-likeness (QED) is 0.209. The van der Waals surface area contributed by atoms with E-state index in [4.69, 9.17) is 0 Å². The van der Waals surface area contributed by atoms with Gasteiger partial charge >= 0.3 is 0 Å². The molecule has 0 aliphatic carbocycles. The zero-order valence-electron chi connectivity index (χ0n) is 28.1. The van der Waals surface area contributed by atoms with Gasteiger partial charge in [0.25, 0.3) is 0 Å². The largest absolute Gasteiger partial charge is 0.355 e. The first-order valence-corrected chi connectivity index (χ1v) is 16.8. The van der Waals surface area contributed by atoms with E-state index in [0.29, 0.717) is 13.0 Å². The first-order valence-electron chi connectivity index (χ1n) is 16.0. The van der Waals surface area contributed by atoms with Gasteiger partial charge in [0.05, 0.1) is 11.1 Å². The molecule has 0 bridgehead atoms. The van der Waals surface area contributed by atoms with Crippen LogP contribution in [0.15, 0.2) is 24.3 Å². The van der Waals surface area contributed by atoms with E-state index in [1.807, 2.05) is 48.5 Å². The van der Waals surface area contributed by atoms with Gasteiger partial charge in [-0.3, -0.25) is 9.59 Å². The van der Waals surface area contributed by atoms with Crippen molar-refractivity contribution in [2.24, 2.45) is 5.92 Å². The maximum atomic E-state index is 12.6. The van der Waals surface area contributed by atoms with Crippen LogP contribution in [-0.4, -0.2) is 23.2 Å². The van der Waals surface area contributed by atoms with Gasteiger partial charge < -0.3 is 10.3 Å². The highest BCUT2D eigenvalue weighted by atomic mass is 32.1. The van der Waals surface area contributed by atoms with Gasteiger partial charge in [-0.15, -0.1) is 11.3 Å². The summed E-state index contributed by atoms with van der Waals surface area (Å²) in [6, 6.07) is 8.79. The summed E-state index contributed by atoms with van der Waals surface area (Å²) in [6.07, 6.45) is 6.89. The number of amides is 1. The number of hydrogen-bond acceptors (Lipinski definition) is 3.